The zero-order valence-corrected chi connectivity index (χ0v) is 30.8. The Hall–Kier alpha value is -2.44. The van der Waals surface area contributed by atoms with E-state index < -0.39 is 18.2 Å². The lowest BCUT2D eigenvalue weighted by atomic mass is 10.0. The molecule has 0 heterocycles. The first kappa shape index (κ1) is 45.6. The topological polar surface area (TPSA) is 93.1 Å². The van der Waals surface area contributed by atoms with E-state index >= 15 is 0 Å². The van der Waals surface area contributed by atoms with Gasteiger partial charge in [0.25, 0.3) is 0 Å². The second kappa shape index (κ2) is 37.4. The number of ether oxygens (including phenoxy) is 2. The Labute approximate surface area is 294 Å². The summed E-state index contributed by atoms with van der Waals surface area (Å²) in [6.07, 6.45) is 44.5. The molecule has 2 N–H and O–H groups in total. The summed E-state index contributed by atoms with van der Waals surface area (Å²) in [5.41, 5.74) is 0. The first-order valence-corrected chi connectivity index (χ1v) is 19.4. The van der Waals surface area contributed by atoms with Gasteiger partial charge in [-0.3, -0.25) is 9.59 Å². The van der Waals surface area contributed by atoms with Gasteiger partial charge in [0, 0.05) is 12.8 Å². The van der Waals surface area contributed by atoms with Gasteiger partial charge < -0.3 is 19.7 Å². The van der Waals surface area contributed by atoms with Crippen molar-refractivity contribution in [3.63, 3.8) is 0 Å². The summed E-state index contributed by atoms with van der Waals surface area (Å²) in [7, 11) is 0. The first-order chi connectivity index (χ1) is 23.5. The second-order valence-corrected chi connectivity index (χ2v) is 12.9. The van der Waals surface area contributed by atoms with E-state index in [0.717, 1.165) is 44.9 Å². The first-order valence-electron chi connectivity index (χ1n) is 19.4. The molecule has 6 nitrogen and oxygen atoms in total. The average molecular weight is 673 g/mol. The standard InChI is InChI=1S/C42H72O6/c1-3-5-7-9-11-13-15-17-18-19-21-23-25-27-29-31-35-41(45)47-37-40(44)38-48-42(46)36-32-34-39(43)33-30-28-26-24-22-20-16-14-12-10-8-6-4-2/h6,8,12,14,20,22,26,28,30,33,39-40,43-44H,3-5,7,9-11,13,15-19,21,23-25,27,29,31-32,34-38H2,1-2H3/b8-6-,14-12-,22-20-,28-26-,33-30+/t39?,40-/m1/s1. The van der Waals surface area contributed by atoms with Crippen molar-refractivity contribution in [3.05, 3.63) is 60.8 Å². The van der Waals surface area contributed by atoms with E-state index in [1.54, 1.807) is 6.08 Å². The van der Waals surface area contributed by atoms with Gasteiger partial charge in [-0.25, -0.2) is 0 Å². The van der Waals surface area contributed by atoms with Gasteiger partial charge in [0.05, 0.1) is 6.10 Å². The van der Waals surface area contributed by atoms with E-state index in [1.807, 2.05) is 18.2 Å². The number of rotatable bonds is 34. The molecule has 2 atom stereocenters. The zero-order chi connectivity index (χ0) is 35.2. The maximum Gasteiger partial charge on any atom is 0.305 e. The predicted octanol–water partition coefficient (Wildman–Crippen LogP) is 11.0. The number of aliphatic hydroxyl groups is 2. The van der Waals surface area contributed by atoms with Crippen molar-refractivity contribution in [2.24, 2.45) is 0 Å². The Bertz CT molecular complexity index is 871. The highest BCUT2D eigenvalue weighted by atomic mass is 16.6. The normalized spacial score (nSPS) is 13.5. The van der Waals surface area contributed by atoms with Crippen LogP contribution in [-0.2, 0) is 19.1 Å². The molecule has 1 unspecified atom stereocenters. The molecular weight excluding hydrogens is 600 g/mol. The minimum absolute atomic E-state index is 0.153. The Kier molecular flexibility index (Phi) is 35.5. The molecule has 6 heteroatoms. The summed E-state index contributed by atoms with van der Waals surface area (Å²) in [6.45, 7) is 4.01. The van der Waals surface area contributed by atoms with Gasteiger partial charge in [-0.2, -0.15) is 0 Å². The van der Waals surface area contributed by atoms with Crippen LogP contribution in [0.5, 0.6) is 0 Å². The third-order valence-electron chi connectivity index (χ3n) is 8.12. The summed E-state index contributed by atoms with van der Waals surface area (Å²) in [5.74, 6) is -0.762. The lowest BCUT2D eigenvalue weighted by Gasteiger charge is -2.12. The van der Waals surface area contributed by atoms with Crippen molar-refractivity contribution in [2.45, 2.75) is 180 Å². The van der Waals surface area contributed by atoms with Crippen LogP contribution in [0.4, 0.5) is 0 Å². The summed E-state index contributed by atoms with van der Waals surface area (Å²) in [4.78, 5) is 23.9. The van der Waals surface area contributed by atoms with Crippen LogP contribution in [0.15, 0.2) is 60.8 Å². The lowest BCUT2D eigenvalue weighted by molar-refractivity contribution is -0.152. The molecule has 0 bridgehead atoms. The van der Waals surface area contributed by atoms with E-state index in [-0.39, 0.29) is 25.6 Å². The van der Waals surface area contributed by atoms with Crippen LogP contribution in [0.1, 0.15) is 168 Å². The van der Waals surface area contributed by atoms with E-state index in [4.69, 9.17) is 9.47 Å². The van der Waals surface area contributed by atoms with Crippen molar-refractivity contribution in [2.75, 3.05) is 13.2 Å². The predicted molar refractivity (Wildman–Crippen MR) is 202 cm³/mol. The smallest absolute Gasteiger partial charge is 0.305 e. The fourth-order valence-corrected chi connectivity index (χ4v) is 5.17. The third-order valence-corrected chi connectivity index (χ3v) is 8.12. The molecule has 0 aliphatic rings. The highest BCUT2D eigenvalue weighted by Gasteiger charge is 2.12. The Morgan fingerprint density at radius 2 is 0.938 bits per heavy atom. The molecule has 0 radical (unpaired) electrons. The summed E-state index contributed by atoms with van der Waals surface area (Å²) >= 11 is 0. The SMILES string of the molecule is CC/C=C\C/C=C\C/C=C\C/C=C\C=C\C(O)CCCC(=O)OC[C@H](O)COC(=O)CCCCCCCCCCCCCCCCCC. The molecule has 0 saturated carbocycles. The maximum atomic E-state index is 12.0. The van der Waals surface area contributed by atoms with Gasteiger partial charge in [0.1, 0.15) is 19.3 Å². The zero-order valence-electron chi connectivity index (χ0n) is 30.8. The van der Waals surface area contributed by atoms with Crippen LogP contribution < -0.4 is 0 Å². The van der Waals surface area contributed by atoms with Crippen molar-refractivity contribution in [3.8, 4) is 0 Å². The van der Waals surface area contributed by atoms with Crippen LogP contribution >= 0.6 is 0 Å². The molecule has 0 aromatic rings. The summed E-state index contributed by atoms with van der Waals surface area (Å²) < 4.78 is 10.2. The number of allylic oxidation sites excluding steroid dienone is 9. The van der Waals surface area contributed by atoms with Gasteiger partial charge in [0.15, 0.2) is 0 Å². The molecular formula is C42H72O6. The number of hydrogen-bond donors (Lipinski definition) is 2. The number of carbonyl (C=O) groups excluding carboxylic acids is 2. The Balaban J connectivity index is 3.63. The second-order valence-electron chi connectivity index (χ2n) is 12.9. The van der Waals surface area contributed by atoms with E-state index in [2.05, 4.69) is 50.3 Å². The van der Waals surface area contributed by atoms with Gasteiger partial charge in [-0.15, -0.1) is 0 Å². The number of unbranched alkanes of at least 4 members (excludes halogenated alkanes) is 15. The minimum atomic E-state index is -1.04. The monoisotopic (exact) mass is 673 g/mol. The summed E-state index contributed by atoms with van der Waals surface area (Å²) in [6, 6.07) is 0. The highest BCUT2D eigenvalue weighted by Crippen LogP contribution is 2.14. The Morgan fingerprint density at radius 3 is 1.42 bits per heavy atom. The molecule has 0 aliphatic carbocycles. The molecule has 0 saturated heterocycles. The van der Waals surface area contributed by atoms with Crippen molar-refractivity contribution < 1.29 is 29.3 Å². The summed E-state index contributed by atoms with van der Waals surface area (Å²) in [5, 5.41) is 20.1. The van der Waals surface area contributed by atoms with Gasteiger partial charge in [-0.1, -0.05) is 171 Å². The fourth-order valence-electron chi connectivity index (χ4n) is 5.17. The molecule has 0 rings (SSSR count). The number of hydrogen-bond acceptors (Lipinski definition) is 6. The largest absolute Gasteiger partial charge is 0.463 e. The van der Waals surface area contributed by atoms with Crippen LogP contribution in [0.25, 0.3) is 0 Å². The van der Waals surface area contributed by atoms with E-state index in [9.17, 15) is 19.8 Å². The van der Waals surface area contributed by atoms with Gasteiger partial charge in [-0.05, 0) is 44.9 Å². The van der Waals surface area contributed by atoms with E-state index in [0.29, 0.717) is 19.3 Å². The quantitative estimate of drug-likeness (QED) is 0.0306. The number of aliphatic hydroxyl groups excluding tert-OH is 2. The Morgan fingerprint density at radius 1 is 0.521 bits per heavy atom. The van der Waals surface area contributed by atoms with E-state index in [1.165, 1.54) is 83.5 Å². The van der Waals surface area contributed by atoms with Crippen molar-refractivity contribution in [1.29, 1.82) is 0 Å². The average Bonchev–Trinajstić information content (AvgIpc) is 3.08. The lowest BCUT2D eigenvalue weighted by Crippen LogP contribution is -2.25. The number of esters is 2. The van der Waals surface area contributed by atoms with Crippen LogP contribution in [0.2, 0.25) is 0 Å². The molecule has 0 fully saturated rings. The van der Waals surface area contributed by atoms with Crippen LogP contribution in [0.3, 0.4) is 0 Å². The minimum Gasteiger partial charge on any atom is -0.463 e. The third kappa shape index (κ3) is 36.4. The molecule has 0 amide bonds. The maximum absolute atomic E-state index is 12.0. The highest BCUT2D eigenvalue weighted by molar-refractivity contribution is 5.69. The van der Waals surface area contributed by atoms with Crippen LogP contribution in [-0.4, -0.2) is 47.6 Å². The number of carbonyl (C=O) groups is 2. The van der Waals surface area contributed by atoms with Crippen molar-refractivity contribution in [1.82, 2.24) is 0 Å². The molecule has 0 aromatic carbocycles. The molecule has 276 valence electrons. The fraction of sp³-hybridized carbons (Fsp3) is 0.714. The van der Waals surface area contributed by atoms with Crippen molar-refractivity contribution >= 4 is 11.9 Å². The van der Waals surface area contributed by atoms with Gasteiger partial charge in [0.2, 0.25) is 0 Å². The van der Waals surface area contributed by atoms with Gasteiger partial charge >= 0.3 is 11.9 Å². The molecule has 48 heavy (non-hydrogen) atoms. The molecule has 0 spiro atoms. The molecule has 0 aromatic heterocycles. The molecule has 0 aliphatic heterocycles. The van der Waals surface area contributed by atoms with Crippen LogP contribution in [0, 0.1) is 0 Å².